The number of hydrogen-bond acceptors (Lipinski definition) is 2. The van der Waals surface area contributed by atoms with Gasteiger partial charge in [-0.2, -0.15) is 0 Å². The third kappa shape index (κ3) is 2.70. The summed E-state index contributed by atoms with van der Waals surface area (Å²) in [6, 6.07) is 16.1. The molecule has 1 heterocycles. The Morgan fingerprint density at radius 1 is 1.12 bits per heavy atom. The molecule has 1 unspecified atom stereocenters. The van der Waals surface area contributed by atoms with Crippen molar-refractivity contribution in [2.24, 2.45) is 5.41 Å². The number of amides is 2. The number of fused-ring (bicyclic) bond motifs is 1. The lowest BCUT2D eigenvalue weighted by atomic mass is 10.0. The van der Waals surface area contributed by atoms with Gasteiger partial charge in [0.25, 0.3) is 0 Å². The quantitative estimate of drug-likeness (QED) is 0.861. The molecule has 0 saturated heterocycles. The van der Waals surface area contributed by atoms with Crippen molar-refractivity contribution in [2.45, 2.75) is 45.7 Å². The predicted molar refractivity (Wildman–Crippen MR) is 102 cm³/mol. The highest BCUT2D eigenvalue weighted by atomic mass is 16.2. The molecule has 1 N–H and O–H groups in total. The monoisotopic (exact) mass is 348 g/mol. The zero-order valence-electron chi connectivity index (χ0n) is 15.3. The summed E-state index contributed by atoms with van der Waals surface area (Å²) >= 11 is 0. The molecule has 1 aliphatic heterocycles. The zero-order valence-corrected chi connectivity index (χ0v) is 15.3. The number of anilines is 1. The Hall–Kier alpha value is -2.62. The second-order valence-corrected chi connectivity index (χ2v) is 7.55. The lowest BCUT2D eigenvalue weighted by molar-refractivity contribution is -0.136. The van der Waals surface area contributed by atoms with Gasteiger partial charge in [0.2, 0.25) is 11.8 Å². The fourth-order valence-electron chi connectivity index (χ4n) is 3.92. The molecule has 1 aliphatic carbocycles. The van der Waals surface area contributed by atoms with Crippen LogP contribution in [0.2, 0.25) is 0 Å². The van der Waals surface area contributed by atoms with Gasteiger partial charge in [0.05, 0.1) is 0 Å². The van der Waals surface area contributed by atoms with Crippen LogP contribution in [0.25, 0.3) is 0 Å². The average Bonchev–Trinajstić information content (AvgIpc) is 3.38. The number of benzene rings is 2. The third-order valence-electron chi connectivity index (χ3n) is 5.72. The van der Waals surface area contributed by atoms with E-state index in [1.807, 2.05) is 54.3 Å². The summed E-state index contributed by atoms with van der Waals surface area (Å²) in [7, 11) is 0. The van der Waals surface area contributed by atoms with Crippen molar-refractivity contribution in [3.05, 3.63) is 65.2 Å². The van der Waals surface area contributed by atoms with E-state index in [1.165, 1.54) is 5.56 Å². The highest BCUT2D eigenvalue weighted by Crippen LogP contribution is 2.50. The topological polar surface area (TPSA) is 49.4 Å². The maximum Gasteiger partial charge on any atom is 0.242 e. The Labute approximate surface area is 154 Å². The molecule has 0 aromatic heterocycles. The van der Waals surface area contributed by atoms with Gasteiger partial charge in [0.1, 0.15) is 5.41 Å². The van der Waals surface area contributed by atoms with E-state index in [0.717, 1.165) is 23.2 Å². The van der Waals surface area contributed by atoms with Gasteiger partial charge in [-0.25, -0.2) is 0 Å². The second-order valence-electron chi connectivity index (χ2n) is 7.55. The van der Waals surface area contributed by atoms with E-state index in [1.54, 1.807) is 0 Å². The number of aryl methyl sites for hydroxylation is 1. The van der Waals surface area contributed by atoms with Crippen LogP contribution in [0.3, 0.4) is 0 Å². The Balaban J connectivity index is 1.51. The van der Waals surface area contributed by atoms with Crippen LogP contribution in [0.5, 0.6) is 0 Å². The fraction of sp³-hybridized carbons (Fsp3) is 0.364. The molecule has 4 nitrogen and oxygen atoms in total. The molecular formula is C22H24N2O2. The molecule has 4 rings (SSSR count). The Bertz CT molecular complexity index is 870. The predicted octanol–water partition coefficient (Wildman–Crippen LogP) is 3.37. The standard InChI is InChI=1S/C22H24N2O2/c1-15-7-3-4-9-18(15)14-23-20(25)22(11-12-22)21(26)24-16(2)13-17-8-5-6-10-19(17)24/h3-10,16H,11-14H2,1-2H3,(H,23,25). The first-order chi connectivity index (χ1) is 12.5. The fourth-order valence-corrected chi connectivity index (χ4v) is 3.92. The first-order valence-electron chi connectivity index (χ1n) is 9.27. The molecule has 0 radical (unpaired) electrons. The summed E-state index contributed by atoms with van der Waals surface area (Å²) in [5, 5.41) is 3.00. The van der Waals surface area contributed by atoms with Crippen LogP contribution in [0.1, 0.15) is 36.5 Å². The number of hydrogen-bond donors (Lipinski definition) is 1. The van der Waals surface area contributed by atoms with Crippen molar-refractivity contribution >= 4 is 17.5 Å². The smallest absolute Gasteiger partial charge is 0.242 e. The SMILES string of the molecule is Cc1ccccc1CNC(=O)C1(C(=O)N2c3ccccc3CC2C)CC1. The summed E-state index contributed by atoms with van der Waals surface area (Å²) in [5.74, 6) is -0.181. The van der Waals surface area contributed by atoms with E-state index in [9.17, 15) is 9.59 Å². The molecule has 0 spiro atoms. The van der Waals surface area contributed by atoms with Crippen molar-refractivity contribution in [1.29, 1.82) is 0 Å². The highest BCUT2D eigenvalue weighted by Gasteiger charge is 2.59. The van der Waals surface area contributed by atoms with E-state index < -0.39 is 5.41 Å². The van der Waals surface area contributed by atoms with Crippen molar-refractivity contribution in [2.75, 3.05) is 4.90 Å². The highest BCUT2D eigenvalue weighted by molar-refractivity contribution is 6.14. The maximum atomic E-state index is 13.3. The summed E-state index contributed by atoms with van der Waals surface area (Å²) in [6.45, 7) is 4.55. The molecule has 26 heavy (non-hydrogen) atoms. The van der Waals surface area contributed by atoms with Crippen LogP contribution in [-0.2, 0) is 22.6 Å². The number of nitrogens with zero attached hydrogens (tertiary/aromatic N) is 1. The van der Waals surface area contributed by atoms with E-state index >= 15 is 0 Å². The third-order valence-corrected chi connectivity index (χ3v) is 5.72. The van der Waals surface area contributed by atoms with Gasteiger partial charge in [-0.15, -0.1) is 0 Å². The molecule has 1 fully saturated rings. The van der Waals surface area contributed by atoms with Crippen LogP contribution in [0, 0.1) is 12.3 Å². The molecule has 1 saturated carbocycles. The normalized spacial score (nSPS) is 19.8. The average molecular weight is 348 g/mol. The molecule has 134 valence electrons. The van der Waals surface area contributed by atoms with Gasteiger partial charge < -0.3 is 10.2 Å². The van der Waals surface area contributed by atoms with Gasteiger partial charge in [0, 0.05) is 18.3 Å². The van der Waals surface area contributed by atoms with Crippen LogP contribution in [0.4, 0.5) is 5.69 Å². The van der Waals surface area contributed by atoms with E-state index in [0.29, 0.717) is 19.4 Å². The van der Waals surface area contributed by atoms with Gasteiger partial charge in [-0.1, -0.05) is 42.5 Å². The minimum atomic E-state index is -0.881. The van der Waals surface area contributed by atoms with Crippen molar-refractivity contribution in [3.8, 4) is 0 Å². The number of carbonyl (C=O) groups excluding carboxylic acids is 2. The second kappa shape index (κ2) is 6.27. The van der Waals surface area contributed by atoms with Crippen LogP contribution in [0.15, 0.2) is 48.5 Å². The maximum absolute atomic E-state index is 13.3. The molecule has 4 heteroatoms. The summed E-state index contributed by atoms with van der Waals surface area (Å²) in [4.78, 5) is 28.0. The van der Waals surface area contributed by atoms with Crippen molar-refractivity contribution in [1.82, 2.24) is 5.32 Å². The molecule has 2 aromatic carbocycles. The Morgan fingerprint density at radius 2 is 1.81 bits per heavy atom. The number of nitrogens with one attached hydrogen (secondary N) is 1. The lowest BCUT2D eigenvalue weighted by Gasteiger charge is -2.27. The Kier molecular flexibility index (Phi) is 4.06. The molecular weight excluding hydrogens is 324 g/mol. The number of carbonyl (C=O) groups is 2. The molecule has 2 amide bonds. The van der Waals surface area contributed by atoms with E-state index in [4.69, 9.17) is 0 Å². The first kappa shape index (κ1) is 16.8. The minimum absolute atomic E-state index is 0.0442. The molecule has 1 atom stereocenters. The van der Waals surface area contributed by atoms with E-state index in [-0.39, 0.29) is 17.9 Å². The van der Waals surface area contributed by atoms with Gasteiger partial charge in [-0.3, -0.25) is 9.59 Å². The molecule has 2 aliphatic rings. The van der Waals surface area contributed by atoms with Crippen LogP contribution >= 0.6 is 0 Å². The van der Waals surface area contributed by atoms with Crippen LogP contribution in [-0.4, -0.2) is 17.9 Å². The molecule has 0 bridgehead atoms. The molecule has 2 aromatic rings. The summed E-state index contributed by atoms with van der Waals surface area (Å²) < 4.78 is 0. The summed E-state index contributed by atoms with van der Waals surface area (Å²) in [6.07, 6.45) is 2.12. The van der Waals surface area contributed by atoms with Crippen molar-refractivity contribution < 1.29 is 9.59 Å². The number of rotatable bonds is 4. The first-order valence-corrected chi connectivity index (χ1v) is 9.27. The van der Waals surface area contributed by atoms with Crippen molar-refractivity contribution in [3.63, 3.8) is 0 Å². The number of para-hydroxylation sites is 1. The van der Waals surface area contributed by atoms with Gasteiger partial charge in [-0.05, 0) is 55.9 Å². The van der Waals surface area contributed by atoms with Gasteiger partial charge in [0.15, 0.2) is 0 Å². The van der Waals surface area contributed by atoms with E-state index in [2.05, 4.69) is 18.3 Å². The summed E-state index contributed by atoms with van der Waals surface area (Å²) in [5.41, 5.74) is 3.50. The zero-order chi connectivity index (χ0) is 18.3. The van der Waals surface area contributed by atoms with Gasteiger partial charge >= 0.3 is 0 Å². The Morgan fingerprint density at radius 3 is 2.54 bits per heavy atom. The van der Waals surface area contributed by atoms with Crippen LogP contribution < -0.4 is 10.2 Å². The lowest BCUT2D eigenvalue weighted by Crippen LogP contribution is -2.47. The minimum Gasteiger partial charge on any atom is -0.351 e. The largest absolute Gasteiger partial charge is 0.351 e.